The standard InChI is InChI=1S/C30H37N3O4S/c1-7-31-30(35)25(6)32(19-26-12-8-10-22(3)18-26)29(34)20-33(28-13-9-11-23(4)24(28)5)38(36,37)27-16-14-21(2)15-17-27/h8-18,25H,7,19-20H2,1-6H3,(H,31,35)/t25-/m0/s1. The molecule has 202 valence electrons. The Morgan fingerprint density at radius 2 is 1.55 bits per heavy atom. The molecule has 0 aliphatic rings. The van der Waals surface area contributed by atoms with Gasteiger partial charge in [0.25, 0.3) is 10.0 Å². The highest BCUT2D eigenvalue weighted by Gasteiger charge is 2.33. The first-order chi connectivity index (χ1) is 17.9. The Labute approximate surface area is 226 Å². The van der Waals surface area contributed by atoms with Gasteiger partial charge in [-0.05, 0) is 76.4 Å². The van der Waals surface area contributed by atoms with Crippen LogP contribution >= 0.6 is 0 Å². The predicted octanol–water partition coefficient (Wildman–Crippen LogP) is 4.67. The Hall–Kier alpha value is -3.65. The highest BCUT2D eigenvalue weighted by atomic mass is 32.2. The van der Waals surface area contributed by atoms with Crippen LogP contribution in [-0.4, -0.2) is 44.3 Å². The van der Waals surface area contributed by atoms with E-state index in [0.29, 0.717) is 12.2 Å². The van der Waals surface area contributed by atoms with E-state index >= 15 is 0 Å². The molecular weight excluding hydrogens is 498 g/mol. The van der Waals surface area contributed by atoms with Crippen LogP contribution in [-0.2, 0) is 26.2 Å². The molecule has 0 aliphatic heterocycles. The molecular formula is C30H37N3O4S. The molecule has 3 rings (SSSR count). The van der Waals surface area contributed by atoms with E-state index in [-0.39, 0.29) is 17.3 Å². The number of carbonyl (C=O) groups is 2. The summed E-state index contributed by atoms with van der Waals surface area (Å²) in [5, 5.41) is 2.78. The van der Waals surface area contributed by atoms with Crippen molar-refractivity contribution in [1.82, 2.24) is 10.2 Å². The van der Waals surface area contributed by atoms with Crippen LogP contribution in [0.25, 0.3) is 0 Å². The molecule has 0 saturated carbocycles. The smallest absolute Gasteiger partial charge is 0.264 e. The van der Waals surface area contributed by atoms with Gasteiger partial charge in [0.1, 0.15) is 12.6 Å². The Kier molecular flexibility index (Phi) is 9.33. The number of benzene rings is 3. The molecule has 0 bridgehead atoms. The minimum Gasteiger partial charge on any atom is -0.355 e. The van der Waals surface area contributed by atoms with Crippen LogP contribution in [0.4, 0.5) is 5.69 Å². The number of hydrogen-bond donors (Lipinski definition) is 1. The maximum Gasteiger partial charge on any atom is 0.264 e. The van der Waals surface area contributed by atoms with Crippen LogP contribution in [0.5, 0.6) is 0 Å². The largest absolute Gasteiger partial charge is 0.355 e. The summed E-state index contributed by atoms with van der Waals surface area (Å²) in [6.45, 7) is 11.2. The average Bonchev–Trinajstić information content (AvgIpc) is 2.87. The van der Waals surface area contributed by atoms with E-state index in [4.69, 9.17) is 0 Å². The molecule has 1 atom stereocenters. The first-order valence-electron chi connectivity index (χ1n) is 12.7. The van der Waals surface area contributed by atoms with Crippen molar-refractivity contribution in [1.29, 1.82) is 0 Å². The maximum absolute atomic E-state index is 14.0. The molecule has 0 spiro atoms. The molecule has 0 unspecified atom stereocenters. The fraction of sp³-hybridized carbons (Fsp3) is 0.333. The third-order valence-corrected chi connectivity index (χ3v) is 8.46. The van der Waals surface area contributed by atoms with Crippen molar-refractivity contribution in [3.8, 4) is 0 Å². The molecule has 2 amide bonds. The number of hydrogen-bond acceptors (Lipinski definition) is 4. The molecule has 8 heteroatoms. The molecule has 0 aromatic heterocycles. The number of nitrogens with one attached hydrogen (secondary N) is 1. The van der Waals surface area contributed by atoms with E-state index in [1.165, 1.54) is 4.90 Å². The van der Waals surface area contributed by atoms with Crippen molar-refractivity contribution in [2.24, 2.45) is 0 Å². The van der Waals surface area contributed by atoms with Crippen molar-refractivity contribution < 1.29 is 18.0 Å². The molecule has 1 N–H and O–H groups in total. The topological polar surface area (TPSA) is 86.8 Å². The summed E-state index contributed by atoms with van der Waals surface area (Å²) in [6.07, 6.45) is 0. The van der Waals surface area contributed by atoms with Crippen LogP contribution in [0.1, 0.15) is 41.7 Å². The van der Waals surface area contributed by atoms with Gasteiger partial charge in [0.2, 0.25) is 11.8 Å². The van der Waals surface area contributed by atoms with Gasteiger partial charge in [-0.3, -0.25) is 13.9 Å². The maximum atomic E-state index is 14.0. The Morgan fingerprint density at radius 1 is 0.895 bits per heavy atom. The number of sulfonamides is 1. The molecule has 0 saturated heterocycles. The lowest BCUT2D eigenvalue weighted by molar-refractivity contribution is -0.139. The Bertz CT molecular complexity index is 1400. The third kappa shape index (κ3) is 6.61. The van der Waals surface area contributed by atoms with Gasteiger partial charge in [0.15, 0.2) is 0 Å². The van der Waals surface area contributed by atoms with Gasteiger partial charge in [0.05, 0.1) is 10.6 Å². The molecule has 38 heavy (non-hydrogen) atoms. The van der Waals surface area contributed by atoms with Crippen LogP contribution in [0, 0.1) is 27.7 Å². The van der Waals surface area contributed by atoms with E-state index in [0.717, 1.165) is 32.1 Å². The normalized spacial score (nSPS) is 12.1. The van der Waals surface area contributed by atoms with Gasteiger partial charge in [-0.15, -0.1) is 0 Å². The Balaban J connectivity index is 2.08. The summed E-state index contributed by atoms with van der Waals surface area (Å²) in [6, 6.07) is 18.9. The second kappa shape index (κ2) is 12.3. The molecule has 0 fully saturated rings. The van der Waals surface area contributed by atoms with Gasteiger partial charge in [-0.2, -0.15) is 0 Å². The number of carbonyl (C=O) groups excluding carboxylic acids is 2. The first kappa shape index (κ1) is 28.9. The quantitative estimate of drug-likeness (QED) is 0.409. The van der Waals surface area contributed by atoms with Crippen LogP contribution < -0.4 is 9.62 Å². The SMILES string of the molecule is CCNC(=O)[C@H](C)N(Cc1cccc(C)c1)C(=O)CN(c1cccc(C)c1C)S(=O)(=O)c1ccc(C)cc1. The summed E-state index contributed by atoms with van der Waals surface area (Å²) in [7, 11) is -4.09. The van der Waals surface area contributed by atoms with Crippen molar-refractivity contribution in [2.75, 3.05) is 17.4 Å². The highest BCUT2D eigenvalue weighted by molar-refractivity contribution is 7.92. The molecule has 7 nitrogen and oxygen atoms in total. The van der Waals surface area contributed by atoms with E-state index < -0.39 is 28.5 Å². The molecule has 0 radical (unpaired) electrons. The van der Waals surface area contributed by atoms with Gasteiger partial charge < -0.3 is 10.2 Å². The number of nitrogens with zero attached hydrogens (tertiary/aromatic N) is 2. The number of anilines is 1. The minimum absolute atomic E-state index is 0.0961. The summed E-state index contributed by atoms with van der Waals surface area (Å²) in [5.41, 5.74) is 4.91. The van der Waals surface area contributed by atoms with E-state index in [2.05, 4.69) is 5.32 Å². The van der Waals surface area contributed by atoms with Crippen molar-refractivity contribution >= 4 is 27.5 Å². The molecule has 0 heterocycles. The van der Waals surface area contributed by atoms with Gasteiger partial charge >= 0.3 is 0 Å². The van der Waals surface area contributed by atoms with Crippen LogP contribution in [0.15, 0.2) is 71.6 Å². The molecule has 3 aromatic rings. The number of rotatable bonds is 10. The summed E-state index contributed by atoms with van der Waals surface area (Å²) >= 11 is 0. The minimum atomic E-state index is -4.09. The Morgan fingerprint density at radius 3 is 2.18 bits per heavy atom. The number of likely N-dealkylation sites (N-methyl/N-ethyl adjacent to an activating group) is 1. The van der Waals surface area contributed by atoms with Gasteiger partial charge in [0, 0.05) is 13.1 Å². The zero-order valence-corrected chi connectivity index (χ0v) is 23.8. The predicted molar refractivity (Wildman–Crippen MR) is 152 cm³/mol. The fourth-order valence-electron chi connectivity index (χ4n) is 4.27. The second-order valence-electron chi connectivity index (χ2n) is 9.63. The number of aryl methyl sites for hydroxylation is 3. The van der Waals surface area contributed by atoms with E-state index in [1.807, 2.05) is 65.0 Å². The molecule has 3 aromatic carbocycles. The average molecular weight is 536 g/mol. The lowest BCUT2D eigenvalue weighted by atomic mass is 10.1. The van der Waals surface area contributed by atoms with Crippen LogP contribution in [0.2, 0.25) is 0 Å². The van der Waals surface area contributed by atoms with Crippen molar-refractivity contribution in [3.05, 3.63) is 94.5 Å². The van der Waals surface area contributed by atoms with E-state index in [1.54, 1.807) is 43.3 Å². The zero-order valence-electron chi connectivity index (χ0n) is 23.0. The zero-order chi connectivity index (χ0) is 28.0. The molecule has 0 aliphatic carbocycles. The lowest BCUT2D eigenvalue weighted by Gasteiger charge is -2.32. The lowest BCUT2D eigenvalue weighted by Crippen LogP contribution is -2.51. The highest BCUT2D eigenvalue weighted by Crippen LogP contribution is 2.29. The summed E-state index contributed by atoms with van der Waals surface area (Å²) in [4.78, 5) is 28.3. The van der Waals surface area contributed by atoms with E-state index in [9.17, 15) is 18.0 Å². The monoisotopic (exact) mass is 535 g/mol. The fourth-order valence-corrected chi connectivity index (χ4v) is 5.74. The summed E-state index contributed by atoms with van der Waals surface area (Å²) < 4.78 is 29.1. The van der Waals surface area contributed by atoms with Crippen molar-refractivity contribution in [2.45, 2.75) is 59.0 Å². The van der Waals surface area contributed by atoms with Crippen molar-refractivity contribution in [3.63, 3.8) is 0 Å². The van der Waals surface area contributed by atoms with Crippen LogP contribution in [0.3, 0.4) is 0 Å². The number of amides is 2. The van der Waals surface area contributed by atoms with Gasteiger partial charge in [-0.25, -0.2) is 8.42 Å². The second-order valence-corrected chi connectivity index (χ2v) is 11.5. The van der Waals surface area contributed by atoms with Gasteiger partial charge in [-0.1, -0.05) is 59.7 Å². The first-order valence-corrected chi connectivity index (χ1v) is 14.2. The summed E-state index contributed by atoms with van der Waals surface area (Å²) in [5.74, 6) is -0.768. The third-order valence-electron chi connectivity index (χ3n) is 6.69.